The van der Waals surface area contributed by atoms with Crippen LogP contribution in [0.5, 0.6) is 0 Å². The quantitative estimate of drug-likeness (QED) is 0.793. The molecule has 15 heavy (non-hydrogen) atoms. The third-order valence-electron chi connectivity index (χ3n) is 3.11. The van der Waals surface area contributed by atoms with Crippen molar-refractivity contribution in [2.75, 3.05) is 18.9 Å². The molecule has 0 aliphatic carbocycles. The zero-order valence-corrected chi connectivity index (χ0v) is 9.35. The number of hydrogen-bond donors (Lipinski definition) is 1. The second kappa shape index (κ2) is 4.57. The Kier molecular flexibility index (Phi) is 3.16. The minimum atomic E-state index is 0.513. The molecule has 1 aliphatic heterocycles. The molecular formula is C11H18N4. The van der Waals surface area contributed by atoms with Crippen molar-refractivity contribution in [3.05, 3.63) is 18.5 Å². The zero-order valence-electron chi connectivity index (χ0n) is 9.35. The molecule has 1 aromatic rings. The molecule has 0 aromatic carbocycles. The summed E-state index contributed by atoms with van der Waals surface area (Å²) < 4.78 is 0. The molecule has 0 radical (unpaired) electrons. The molecule has 2 heterocycles. The van der Waals surface area contributed by atoms with Crippen molar-refractivity contribution in [1.82, 2.24) is 14.9 Å². The second-order valence-corrected chi connectivity index (χ2v) is 4.27. The molecule has 2 rings (SSSR count). The summed E-state index contributed by atoms with van der Waals surface area (Å²) in [4.78, 5) is 10.8. The van der Waals surface area contributed by atoms with E-state index in [2.05, 4.69) is 34.2 Å². The summed E-state index contributed by atoms with van der Waals surface area (Å²) in [6, 6.07) is 2.99. The third-order valence-corrected chi connectivity index (χ3v) is 3.11. The summed E-state index contributed by atoms with van der Waals surface area (Å²) in [5.74, 6) is 0.749. The van der Waals surface area contributed by atoms with Gasteiger partial charge >= 0.3 is 0 Å². The number of hydrogen-bond acceptors (Lipinski definition) is 4. The van der Waals surface area contributed by atoms with Gasteiger partial charge in [0, 0.05) is 31.0 Å². The van der Waals surface area contributed by atoms with Crippen molar-refractivity contribution < 1.29 is 0 Å². The molecule has 1 aliphatic rings. The van der Waals surface area contributed by atoms with Gasteiger partial charge in [-0.3, -0.25) is 0 Å². The Labute approximate surface area is 90.7 Å². The Balaban J connectivity index is 1.91. The number of aromatic nitrogens is 2. The number of likely N-dealkylation sites (tertiary alicyclic amines) is 1. The first-order valence-corrected chi connectivity index (χ1v) is 5.49. The first-order chi connectivity index (χ1) is 7.25. The normalized spacial score (nSPS) is 27.6. The van der Waals surface area contributed by atoms with Gasteiger partial charge in [-0.25, -0.2) is 9.97 Å². The summed E-state index contributed by atoms with van der Waals surface area (Å²) in [5, 5.41) is 3.38. The number of rotatable bonds is 2. The highest BCUT2D eigenvalue weighted by molar-refractivity contribution is 5.24. The van der Waals surface area contributed by atoms with E-state index in [-0.39, 0.29) is 0 Å². The molecule has 4 nitrogen and oxygen atoms in total. The zero-order chi connectivity index (χ0) is 10.7. The van der Waals surface area contributed by atoms with Gasteiger partial charge in [0.05, 0.1) is 0 Å². The van der Waals surface area contributed by atoms with Crippen LogP contribution in [0, 0.1) is 0 Å². The Morgan fingerprint density at radius 1 is 1.40 bits per heavy atom. The van der Waals surface area contributed by atoms with E-state index in [9.17, 15) is 0 Å². The minimum absolute atomic E-state index is 0.513. The standard InChI is InChI=1S/C11H18N4/c1-9-8-10(4-7-15(9)2)14-11-12-5-3-6-13-11/h3,5-6,9-10H,4,7-8H2,1-2H3,(H,12,13,14). The third kappa shape index (κ3) is 2.65. The average molecular weight is 206 g/mol. The van der Waals surface area contributed by atoms with Crippen molar-refractivity contribution >= 4 is 5.95 Å². The van der Waals surface area contributed by atoms with E-state index in [4.69, 9.17) is 0 Å². The van der Waals surface area contributed by atoms with E-state index >= 15 is 0 Å². The first-order valence-electron chi connectivity index (χ1n) is 5.49. The van der Waals surface area contributed by atoms with Crippen LogP contribution in [0.15, 0.2) is 18.5 Å². The van der Waals surface area contributed by atoms with Crippen LogP contribution in [0.25, 0.3) is 0 Å². The monoisotopic (exact) mass is 206 g/mol. The molecule has 82 valence electrons. The van der Waals surface area contributed by atoms with Gasteiger partial charge in [-0.1, -0.05) is 0 Å². The van der Waals surface area contributed by atoms with Crippen molar-refractivity contribution in [2.24, 2.45) is 0 Å². The SMILES string of the molecule is CC1CC(Nc2ncccn2)CCN1C. The fourth-order valence-corrected chi connectivity index (χ4v) is 1.98. The molecule has 1 N–H and O–H groups in total. The molecule has 0 spiro atoms. The van der Waals surface area contributed by atoms with Crippen molar-refractivity contribution in [2.45, 2.75) is 31.8 Å². The predicted molar refractivity (Wildman–Crippen MR) is 60.8 cm³/mol. The lowest BCUT2D eigenvalue weighted by Crippen LogP contribution is -2.42. The summed E-state index contributed by atoms with van der Waals surface area (Å²) in [5.41, 5.74) is 0. The fraction of sp³-hybridized carbons (Fsp3) is 0.636. The highest BCUT2D eigenvalue weighted by atomic mass is 15.2. The topological polar surface area (TPSA) is 41.1 Å². The van der Waals surface area contributed by atoms with Crippen molar-refractivity contribution in [3.63, 3.8) is 0 Å². The maximum atomic E-state index is 4.18. The highest BCUT2D eigenvalue weighted by Crippen LogP contribution is 2.17. The van der Waals surface area contributed by atoms with E-state index in [1.54, 1.807) is 12.4 Å². The molecule has 2 atom stereocenters. The lowest BCUT2D eigenvalue weighted by Gasteiger charge is -2.35. The number of nitrogens with zero attached hydrogens (tertiary/aromatic N) is 3. The minimum Gasteiger partial charge on any atom is -0.351 e. The van der Waals surface area contributed by atoms with Gasteiger partial charge in [0.15, 0.2) is 0 Å². The molecule has 1 saturated heterocycles. The molecular weight excluding hydrogens is 188 g/mol. The van der Waals surface area contributed by atoms with Gasteiger partial charge in [0.25, 0.3) is 0 Å². The van der Waals surface area contributed by atoms with Crippen LogP contribution in [0.4, 0.5) is 5.95 Å². The first kappa shape index (κ1) is 10.4. The van der Waals surface area contributed by atoms with E-state index in [1.165, 1.54) is 6.42 Å². The highest BCUT2D eigenvalue weighted by Gasteiger charge is 2.22. The smallest absolute Gasteiger partial charge is 0.222 e. The summed E-state index contributed by atoms with van der Waals surface area (Å²) in [7, 11) is 2.18. The lowest BCUT2D eigenvalue weighted by molar-refractivity contribution is 0.190. The molecule has 1 aromatic heterocycles. The molecule has 2 unspecified atom stereocenters. The Morgan fingerprint density at radius 2 is 2.13 bits per heavy atom. The van der Waals surface area contributed by atoms with Gasteiger partial charge in [0.2, 0.25) is 5.95 Å². The molecule has 4 heteroatoms. The van der Waals surface area contributed by atoms with Gasteiger partial charge < -0.3 is 10.2 Å². The van der Waals surface area contributed by atoms with Gasteiger partial charge in [-0.2, -0.15) is 0 Å². The van der Waals surface area contributed by atoms with Crippen LogP contribution in [0.3, 0.4) is 0 Å². The maximum absolute atomic E-state index is 4.18. The Hall–Kier alpha value is -1.16. The van der Waals surface area contributed by atoms with Crippen molar-refractivity contribution in [1.29, 1.82) is 0 Å². The second-order valence-electron chi connectivity index (χ2n) is 4.27. The number of anilines is 1. The summed E-state index contributed by atoms with van der Waals surface area (Å²) in [6.07, 6.45) is 5.87. The van der Waals surface area contributed by atoms with Crippen molar-refractivity contribution in [3.8, 4) is 0 Å². The number of nitrogens with one attached hydrogen (secondary N) is 1. The largest absolute Gasteiger partial charge is 0.351 e. The van der Waals surface area contributed by atoms with Crippen LogP contribution in [0.1, 0.15) is 19.8 Å². The van der Waals surface area contributed by atoms with Gasteiger partial charge in [-0.05, 0) is 32.9 Å². The van der Waals surface area contributed by atoms with Crippen LogP contribution in [-0.2, 0) is 0 Å². The summed E-state index contributed by atoms with van der Waals surface area (Å²) in [6.45, 7) is 3.41. The van der Waals surface area contributed by atoms with Crippen LogP contribution < -0.4 is 5.32 Å². The molecule has 0 amide bonds. The lowest BCUT2D eigenvalue weighted by atomic mass is 9.99. The van der Waals surface area contributed by atoms with E-state index in [0.29, 0.717) is 12.1 Å². The van der Waals surface area contributed by atoms with Gasteiger partial charge in [-0.15, -0.1) is 0 Å². The van der Waals surface area contributed by atoms with Crippen LogP contribution in [0.2, 0.25) is 0 Å². The molecule has 0 saturated carbocycles. The maximum Gasteiger partial charge on any atom is 0.222 e. The van der Waals surface area contributed by atoms with Crippen LogP contribution in [-0.4, -0.2) is 40.5 Å². The Morgan fingerprint density at radius 3 is 2.80 bits per heavy atom. The van der Waals surface area contributed by atoms with E-state index in [0.717, 1.165) is 18.9 Å². The average Bonchev–Trinajstić information content (AvgIpc) is 2.25. The van der Waals surface area contributed by atoms with E-state index in [1.807, 2.05) is 6.07 Å². The molecule has 0 bridgehead atoms. The van der Waals surface area contributed by atoms with E-state index < -0.39 is 0 Å². The number of piperidine rings is 1. The molecule has 1 fully saturated rings. The Bertz CT molecular complexity index is 301. The van der Waals surface area contributed by atoms with Gasteiger partial charge in [0.1, 0.15) is 0 Å². The fourth-order valence-electron chi connectivity index (χ4n) is 1.98. The summed E-state index contributed by atoms with van der Waals surface area (Å²) >= 11 is 0. The van der Waals surface area contributed by atoms with Crippen LogP contribution >= 0.6 is 0 Å². The predicted octanol–water partition coefficient (Wildman–Crippen LogP) is 1.37.